The van der Waals surface area contributed by atoms with Crippen molar-refractivity contribution in [3.05, 3.63) is 52.0 Å². The number of aliphatic hydroxyl groups excluding tert-OH is 1. The number of hydrogen-bond acceptors (Lipinski definition) is 7. The van der Waals surface area contributed by atoms with Crippen LogP contribution in [-0.2, 0) is 28.7 Å². The highest BCUT2D eigenvalue weighted by molar-refractivity contribution is 9.11. The number of β-amino-alcohol motifs (C(OH)–C–C–N with tert-alkyl or cyclic N) is 1. The predicted octanol–water partition coefficient (Wildman–Crippen LogP) is 1.90. The van der Waals surface area contributed by atoms with Gasteiger partial charge in [0.15, 0.2) is 0 Å². The predicted molar refractivity (Wildman–Crippen MR) is 149 cm³/mol. The van der Waals surface area contributed by atoms with Crippen LogP contribution in [0, 0.1) is 25.7 Å². The number of ether oxygens (including phenoxy) is 2. The van der Waals surface area contributed by atoms with Crippen LogP contribution < -0.4 is 10.2 Å². The van der Waals surface area contributed by atoms with Gasteiger partial charge in [-0.1, -0.05) is 40.2 Å². The summed E-state index contributed by atoms with van der Waals surface area (Å²) >= 11 is 3.52. The number of likely N-dealkylation sites (tertiary alicyclic amines) is 1. The number of carbonyl (C=O) groups excluding carboxylic acids is 4. The number of esters is 1. The SMILES string of the molecule is Cc1ccc(C)c(N2C/C=C\CCC(=O)NC[C@H](C)OC(=O)[C@H]3[C@@H]4O[C@@]5(C=C4Br)[C@@H]3C(=O)N(CCO)[C@@H]5C2=O)c1. The Morgan fingerprint density at radius 1 is 1.15 bits per heavy atom. The van der Waals surface area contributed by atoms with E-state index in [1.807, 2.05) is 44.2 Å². The summed E-state index contributed by atoms with van der Waals surface area (Å²) in [5.74, 6) is -3.63. The Morgan fingerprint density at radius 3 is 2.67 bits per heavy atom. The van der Waals surface area contributed by atoms with E-state index in [2.05, 4.69) is 21.2 Å². The summed E-state index contributed by atoms with van der Waals surface area (Å²) < 4.78 is 12.7. The van der Waals surface area contributed by atoms with Crippen molar-refractivity contribution in [2.24, 2.45) is 11.8 Å². The normalized spacial score (nSPS) is 33.5. The Labute approximate surface area is 241 Å². The zero-order chi connectivity index (χ0) is 28.8. The number of aliphatic hydroxyl groups is 1. The summed E-state index contributed by atoms with van der Waals surface area (Å²) in [6, 6.07) is 4.70. The number of carbonyl (C=O) groups is 4. The van der Waals surface area contributed by atoms with Crippen molar-refractivity contribution < 1.29 is 33.8 Å². The number of nitrogens with zero attached hydrogens (tertiary/aromatic N) is 2. The molecule has 0 unspecified atom stereocenters. The number of cyclic esters (lactones) is 1. The number of benzene rings is 1. The van der Waals surface area contributed by atoms with Gasteiger partial charge in [-0.05, 0) is 50.5 Å². The zero-order valence-electron chi connectivity index (χ0n) is 22.8. The molecule has 4 aliphatic heterocycles. The lowest BCUT2D eigenvalue weighted by Gasteiger charge is -2.36. The van der Waals surface area contributed by atoms with Crippen molar-refractivity contribution in [2.75, 3.05) is 31.1 Å². The van der Waals surface area contributed by atoms with Crippen molar-refractivity contribution in [3.63, 3.8) is 0 Å². The lowest BCUT2D eigenvalue weighted by atomic mass is 9.74. The van der Waals surface area contributed by atoms with Gasteiger partial charge in [0.25, 0.3) is 5.91 Å². The fraction of sp³-hybridized carbons (Fsp3) is 0.517. The van der Waals surface area contributed by atoms with E-state index in [1.165, 1.54) is 4.90 Å². The van der Waals surface area contributed by atoms with E-state index >= 15 is 0 Å². The molecular weight excluding hydrogens is 582 g/mol. The molecule has 3 amide bonds. The van der Waals surface area contributed by atoms with E-state index in [1.54, 1.807) is 17.9 Å². The molecule has 5 rings (SSSR count). The number of anilines is 1. The zero-order valence-corrected chi connectivity index (χ0v) is 24.3. The molecular formula is C29H34BrN3O7. The van der Waals surface area contributed by atoms with Crippen LogP contribution in [0.4, 0.5) is 5.69 Å². The third kappa shape index (κ3) is 4.77. The molecule has 1 aromatic carbocycles. The van der Waals surface area contributed by atoms with E-state index in [4.69, 9.17) is 9.47 Å². The summed E-state index contributed by atoms with van der Waals surface area (Å²) in [6.45, 7) is 5.39. The summed E-state index contributed by atoms with van der Waals surface area (Å²) in [6.07, 6.45) is 4.70. The van der Waals surface area contributed by atoms with Crippen molar-refractivity contribution in [2.45, 2.75) is 57.5 Å². The lowest BCUT2D eigenvalue weighted by molar-refractivity contribution is -0.158. The molecule has 11 heteroatoms. The van der Waals surface area contributed by atoms with Crippen LogP contribution in [0.1, 0.15) is 30.9 Å². The molecule has 2 N–H and O–H groups in total. The quantitative estimate of drug-likeness (QED) is 0.393. The first-order valence-corrected chi connectivity index (χ1v) is 14.4. The molecule has 4 aliphatic rings. The second-order valence-electron chi connectivity index (χ2n) is 10.9. The van der Waals surface area contributed by atoms with Gasteiger partial charge in [-0.2, -0.15) is 0 Å². The van der Waals surface area contributed by atoms with Gasteiger partial charge in [0.1, 0.15) is 29.8 Å². The average molecular weight is 617 g/mol. The highest BCUT2D eigenvalue weighted by Gasteiger charge is 2.75. The third-order valence-corrected chi connectivity index (χ3v) is 8.77. The Hall–Kier alpha value is -3.02. The molecule has 1 aromatic rings. The van der Waals surface area contributed by atoms with Crippen LogP contribution >= 0.6 is 15.9 Å². The maximum atomic E-state index is 14.6. The fourth-order valence-corrected chi connectivity index (χ4v) is 6.99. The highest BCUT2D eigenvalue weighted by atomic mass is 79.9. The second kappa shape index (κ2) is 11.1. The molecule has 0 aromatic heterocycles. The van der Waals surface area contributed by atoms with Gasteiger partial charge < -0.3 is 29.7 Å². The Morgan fingerprint density at radius 2 is 1.93 bits per heavy atom. The van der Waals surface area contributed by atoms with Gasteiger partial charge >= 0.3 is 5.97 Å². The maximum absolute atomic E-state index is 14.6. The molecule has 0 radical (unpaired) electrons. The number of halogens is 1. The fourth-order valence-electron chi connectivity index (χ4n) is 6.26. The lowest BCUT2D eigenvalue weighted by Crippen LogP contribution is -2.56. The molecule has 6 atom stereocenters. The first-order valence-electron chi connectivity index (χ1n) is 13.6. The van der Waals surface area contributed by atoms with Crippen molar-refractivity contribution in [3.8, 4) is 0 Å². The number of amides is 3. The van der Waals surface area contributed by atoms with Crippen LogP contribution in [0.25, 0.3) is 0 Å². The van der Waals surface area contributed by atoms with Gasteiger partial charge in [0.2, 0.25) is 11.8 Å². The number of nitrogens with one attached hydrogen (secondary N) is 1. The molecule has 4 heterocycles. The van der Waals surface area contributed by atoms with Gasteiger partial charge in [-0.15, -0.1) is 0 Å². The topological polar surface area (TPSA) is 125 Å². The summed E-state index contributed by atoms with van der Waals surface area (Å²) in [5.41, 5.74) is 1.10. The minimum absolute atomic E-state index is 0.0896. The maximum Gasteiger partial charge on any atom is 0.313 e. The average Bonchev–Trinajstić information content (AvgIpc) is 3.49. The van der Waals surface area contributed by atoms with Gasteiger partial charge in [-0.3, -0.25) is 19.2 Å². The molecule has 1 spiro atoms. The summed E-state index contributed by atoms with van der Waals surface area (Å²) in [7, 11) is 0. The minimum atomic E-state index is -1.42. The molecule has 10 nitrogen and oxygen atoms in total. The van der Waals surface area contributed by atoms with Gasteiger partial charge in [0.05, 0.1) is 19.1 Å². The molecule has 5 bridgehead atoms. The van der Waals surface area contributed by atoms with Crippen LogP contribution in [0.2, 0.25) is 0 Å². The Bertz CT molecular complexity index is 1300. The van der Waals surface area contributed by atoms with E-state index < -0.39 is 47.6 Å². The number of rotatable bonds is 3. The molecule has 2 saturated heterocycles. The molecule has 40 heavy (non-hydrogen) atoms. The monoisotopic (exact) mass is 615 g/mol. The van der Waals surface area contributed by atoms with Crippen LogP contribution in [0.3, 0.4) is 0 Å². The van der Waals surface area contributed by atoms with Crippen LogP contribution in [-0.4, -0.2) is 83.8 Å². The summed E-state index contributed by atoms with van der Waals surface area (Å²) in [4.78, 5) is 57.4. The standard InChI is InChI=1S/C29H34BrN3O7/c1-16-8-9-17(2)20(13-16)32-10-6-4-5-7-21(35)31-15-18(3)39-28(38)22-23-26(36)33(11-12-34)25(27(32)37)29(23)14-19(30)24(22)40-29/h4,6,8-9,13-14,18,22-25,34H,5,7,10-12,15H2,1-3H3,(H,31,35)/b6-4-/t18-,22+,23-,24+,25+,29-/m0/s1. The third-order valence-electron chi connectivity index (χ3n) is 8.09. The summed E-state index contributed by atoms with van der Waals surface area (Å²) in [5, 5.41) is 12.7. The molecule has 2 fully saturated rings. The van der Waals surface area contributed by atoms with Crippen LogP contribution in [0.15, 0.2) is 40.9 Å². The largest absolute Gasteiger partial charge is 0.460 e. The van der Waals surface area contributed by atoms with E-state index in [0.29, 0.717) is 16.6 Å². The van der Waals surface area contributed by atoms with E-state index in [-0.39, 0.29) is 44.5 Å². The number of hydrogen-bond donors (Lipinski definition) is 2. The number of allylic oxidation sites excluding steroid dienone is 1. The Kier molecular flexibility index (Phi) is 7.91. The van der Waals surface area contributed by atoms with Crippen molar-refractivity contribution in [1.29, 1.82) is 0 Å². The number of fused-ring (bicyclic) bond motifs is 2. The molecule has 0 aliphatic carbocycles. The van der Waals surface area contributed by atoms with Gasteiger partial charge in [-0.25, -0.2) is 0 Å². The number of aryl methyl sites for hydroxylation is 2. The molecule has 214 valence electrons. The van der Waals surface area contributed by atoms with Crippen molar-refractivity contribution in [1.82, 2.24) is 10.2 Å². The van der Waals surface area contributed by atoms with E-state index in [0.717, 1.165) is 11.1 Å². The second-order valence-corrected chi connectivity index (χ2v) is 11.8. The first kappa shape index (κ1) is 28.5. The Balaban J connectivity index is 1.63. The van der Waals surface area contributed by atoms with Crippen LogP contribution in [0.5, 0.6) is 0 Å². The van der Waals surface area contributed by atoms with Gasteiger partial charge in [0, 0.05) is 29.7 Å². The molecule has 0 saturated carbocycles. The smallest absolute Gasteiger partial charge is 0.313 e. The van der Waals surface area contributed by atoms with Crippen molar-refractivity contribution >= 4 is 45.3 Å². The first-order chi connectivity index (χ1) is 19.1. The minimum Gasteiger partial charge on any atom is -0.460 e. The van der Waals surface area contributed by atoms with E-state index in [9.17, 15) is 24.3 Å². The highest BCUT2D eigenvalue weighted by Crippen LogP contribution is 2.59.